The summed E-state index contributed by atoms with van der Waals surface area (Å²) in [7, 11) is 2.15. The zero-order valence-corrected chi connectivity index (χ0v) is 13.0. The molecule has 0 spiro atoms. The maximum Gasteiger partial charge on any atom is 0.0809 e. The SMILES string of the molecule is CCC(O)(CC)C1CN(C)CCN1Cc1ccccc1. The number of benzene rings is 1. The van der Waals surface area contributed by atoms with Gasteiger partial charge in [-0.05, 0) is 25.5 Å². The van der Waals surface area contributed by atoms with E-state index in [0.29, 0.717) is 0 Å². The zero-order valence-electron chi connectivity index (χ0n) is 13.0. The first-order chi connectivity index (χ1) is 9.59. The van der Waals surface area contributed by atoms with Crippen molar-refractivity contribution in [1.82, 2.24) is 9.80 Å². The predicted molar refractivity (Wildman–Crippen MR) is 83.7 cm³/mol. The van der Waals surface area contributed by atoms with Gasteiger partial charge in [-0.2, -0.15) is 0 Å². The van der Waals surface area contributed by atoms with Gasteiger partial charge in [0.15, 0.2) is 0 Å². The first-order valence-electron chi connectivity index (χ1n) is 7.78. The number of rotatable bonds is 5. The van der Waals surface area contributed by atoms with Gasteiger partial charge >= 0.3 is 0 Å². The molecule has 0 aromatic heterocycles. The van der Waals surface area contributed by atoms with Gasteiger partial charge in [0.1, 0.15) is 0 Å². The zero-order chi connectivity index (χ0) is 14.6. The predicted octanol–water partition coefficient (Wildman–Crippen LogP) is 2.35. The fourth-order valence-electron chi connectivity index (χ4n) is 3.20. The van der Waals surface area contributed by atoms with Crippen LogP contribution in [0.1, 0.15) is 32.3 Å². The van der Waals surface area contributed by atoms with Crippen molar-refractivity contribution in [2.75, 3.05) is 26.7 Å². The summed E-state index contributed by atoms with van der Waals surface area (Å²) in [5, 5.41) is 11.0. The molecule has 1 N–H and O–H groups in total. The Balaban J connectivity index is 2.16. The summed E-state index contributed by atoms with van der Waals surface area (Å²) in [4.78, 5) is 4.80. The average molecular weight is 276 g/mol. The van der Waals surface area contributed by atoms with E-state index in [1.165, 1.54) is 5.56 Å². The standard InChI is InChI=1S/C17H28N2O/c1-4-17(20,5-2)16-14-18(3)11-12-19(16)13-15-9-7-6-8-10-15/h6-10,16,20H,4-5,11-14H2,1-3H3. The molecule has 1 atom stereocenters. The van der Waals surface area contributed by atoms with E-state index in [2.05, 4.69) is 61.0 Å². The molecular weight excluding hydrogens is 248 g/mol. The Morgan fingerprint density at radius 3 is 2.40 bits per heavy atom. The van der Waals surface area contributed by atoms with Crippen molar-refractivity contribution in [3.8, 4) is 0 Å². The molecule has 1 heterocycles. The van der Waals surface area contributed by atoms with Crippen molar-refractivity contribution in [1.29, 1.82) is 0 Å². The molecule has 0 aliphatic carbocycles. The van der Waals surface area contributed by atoms with Crippen molar-refractivity contribution in [2.45, 2.75) is 44.9 Å². The van der Waals surface area contributed by atoms with Gasteiger partial charge in [-0.1, -0.05) is 44.2 Å². The first kappa shape index (κ1) is 15.5. The highest BCUT2D eigenvalue weighted by Gasteiger charge is 2.40. The molecule has 0 saturated carbocycles. The van der Waals surface area contributed by atoms with Gasteiger partial charge in [0, 0.05) is 26.2 Å². The Hall–Kier alpha value is -0.900. The van der Waals surface area contributed by atoms with Gasteiger partial charge in [-0.3, -0.25) is 4.90 Å². The van der Waals surface area contributed by atoms with Crippen LogP contribution >= 0.6 is 0 Å². The van der Waals surface area contributed by atoms with Crippen LogP contribution < -0.4 is 0 Å². The highest BCUT2D eigenvalue weighted by molar-refractivity contribution is 5.15. The summed E-state index contributed by atoms with van der Waals surface area (Å²) in [5.74, 6) is 0. The van der Waals surface area contributed by atoms with E-state index in [1.807, 2.05) is 0 Å². The van der Waals surface area contributed by atoms with Gasteiger partial charge in [-0.25, -0.2) is 0 Å². The van der Waals surface area contributed by atoms with E-state index < -0.39 is 5.60 Å². The summed E-state index contributed by atoms with van der Waals surface area (Å²) < 4.78 is 0. The van der Waals surface area contributed by atoms with Crippen LogP contribution in [0.5, 0.6) is 0 Å². The topological polar surface area (TPSA) is 26.7 Å². The van der Waals surface area contributed by atoms with Crippen LogP contribution in [0.15, 0.2) is 30.3 Å². The molecule has 0 radical (unpaired) electrons. The molecule has 2 rings (SSSR count). The Labute approximate surface area is 123 Å². The molecular formula is C17H28N2O. The lowest BCUT2D eigenvalue weighted by atomic mass is 9.85. The first-order valence-corrected chi connectivity index (χ1v) is 7.78. The smallest absolute Gasteiger partial charge is 0.0809 e. The molecule has 0 amide bonds. The van der Waals surface area contributed by atoms with E-state index in [1.54, 1.807) is 0 Å². The third-order valence-corrected chi connectivity index (χ3v) is 4.77. The Kier molecular flexibility index (Phi) is 5.19. The van der Waals surface area contributed by atoms with Gasteiger partial charge < -0.3 is 10.0 Å². The van der Waals surface area contributed by atoms with Gasteiger partial charge in [-0.15, -0.1) is 0 Å². The molecule has 112 valence electrons. The second-order valence-corrected chi connectivity index (χ2v) is 6.04. The van der Waals surface area contributed by atoms with Crippen LogP contribution in [0.4, 0.5) is 0 Å². The third-order valence-electron chi connectivity index (χ3n) is 4.77. The van der Waals surface area contributed by atoms with Crippen LogP contribution in [0, 0.1) is 0 Å². The van der Waals surface area contributed by atoms with E-state index in [0.717, 1.165) is 39.0 Å². The second kappa shape index (κ2) is 6.70. The van der Waals surface area contributed by atoms with Crippen molar-refractivity contribution in [3.63, 3.8) is 0 Å². The Morgan fingerprint density at radius 1 is 1.15 bits per heavy atom. The quantitative estimate of drug-likeness (QED) is 0.894. The monoisotopic (exact) mass is 276 g/mol. The lowest BCUT2D eigenvalue weighted by Gasteiger charge is -2.47. The lowest BCUT2D eigenvalue weighted by Crippen LogP contribution is -2.61. The molecule has 20 heavy (non-hydrogen) atoms. The van der Waals surface area contributed by atoms with E-state index in [9.17, 15) is 5.11 Å². The molecule has 3 heteroatoms. The summed E-state index contributed by atoms with van der Waals surface area (Å²) in [6.45, 7) is 8.18. The molecule has 1 aromatic carbocycles. The highest BCUT2D eigenvalue weighted by Crippen LogP contribution is 2.28. The molecule has 0 bridgehead atoms. The van der Waals surface area contributed by atoms with Crippen LogP contribution in [-0.4, -0.2) is 53.2 Å². The lowest BCUT2D eigenvalue weighted by molar-refractivity contribution is -0.0830. The molecule has 1 aliphatic heterocycles. The minimum absolute atomic E-state index is 0.219. The van der Waals surface area contributed by atoms with Crippen LogP contribution in [0.3, 0.4) is 0 Å². The fourth-order valence-corrected chi connectivity index (χ4v) is 3.20. The minimum atomic E-state index is -0.580. The summed E-state index contributed by atoms with van der Waals surface area (Å²) >= 11 is 0. The summed E-state index contributed by atoms with van der Waals surface area (Å²) in [6, 6.07) is 10.8. The molecule has 1 unspecified atom stereocenters. The molecule has 3 nitrogen and oxygen atoms in total. The largest absolute Gasteiger partial charge is 0.388 e. The summed E-state index contributed by atoms with van der Waals surface area (Å²) in [6.07, 6.45) is 1.63. The average Bonchev–Trinajstić information content (AvgIpc) is 2.49. The van der Waals surface area contributed by atoms with Gasteiger partial charge in [0.25, 0.3) is 0 Å². The van der Waals surface area contributed by atoms with Gasteiger partial charge in [0.05, 0.1) is 11.6 Å². The van der Waals surface area contributed by atoms with E-state index in [4.69, 9.17) is 0 Å². The van der Waals surface area contributed by atoms with Crippen LogP contribution in [-0.2, 0) is 6.54 Å². The molecule has 1 saturated heterocycles. The Morgan fingerprint density at radius 2 is 1.80 bits per heavy atom. The second-order valence-electron chi connectivity index (χ2n) is 6.04. The van der Waals surface area contributed by atoms with Crippen molar-refractivity contribution in [2.24, 2.45) is 0 Å². The maximum atomic E-state index is 11.0. The number of piperazine rings is 1. The number of hydrogen-bond acceptors (Lipinski definition) is 3. The van der Waals surface area contributed by atoms with Crippen molar-refractivity contribution in [3.05, 3.63) is 35.9 Å². The fraction of sp³-hybridized carbons (Fsp3) is 0.647. The Bertz CT molecular complexity index is 403. The van der Waals surface area contributed by atoms with E-state index in [-0.39, 0.29) is 6.04 Å². The van der Waals surface area contributed by atoms with Crippen molar-refractivity contribution < 1.29 is 5.11 Å². The number of likely N-dealkylation sites (N-methyl/N-ethyl adjacent to an activating group) is 1. The normalized spacial score (nSPS) is 22.1. The van der Waals surface area contributed by atoms with Crippen LogP contribution in [0.2, 0.25) is 0 Å². The number of nitrogens with zero attached hydrogens (tertiary/aromatic N) is 2. The van der Waals surface area contributed by atoms with Crippen LogP contribution in [0.25, 0.3) is 0 Å². The molecule has 1 aliphatic rings. The number of hydrogen-bond donors (Lipinski definition) is 1. The summed E-state index contributed by atoms with van der Waals surface area (Å²) in [5.41, 5.74) is 0.750. The van der Waals surface area contributed by atoms with Crippen molar-refractivity contribution >= 4 is 0 Å². The van der Waals surface area contributed by atoms with E-state index >= 15 is 0 Å². The third kappa shape index (κ3) is 3.40. The maximum absolute atomic E-state index is 11.0. The molecule has 1 aromatic rings. The number of aliphatic hydroxyl groups is 1. The minimum Gasteiger partial charge on any atom is -0.388 e. The molecule has 1 fully saturated rings. The highest BCUT2D eigenvalue weighted by atomic mass is 16.3. The van der Waals surface area contributed by atoms with Gasteiger partial charge in [0.2, 0.25) is 0 Å².